The summed E-state index contributed by atoms with van der Waals surface area (Å²) < 4.78 is 6.30. The number of ether oxygens (including phenoxy) is 1. The van der Waals surface area contributed by atoms with E-state index >= 15 is 0 Å². The van der Waals surface area contributed by atoms with Crippen LogP contribution in [0.3, 0.4) is 0 Å². The maximum atomic E-state index is 12.7. The van der Waals surface area contributed by atoms with Crippen LogP contribution in [0.2, 0.25) is 0 Å². The summed E-state index contributed by atoms with van der Waals surface area (Å²) in [5.41, 5.74) is 8.41. The molecule has 2 atom stereocenters. The van der Waals surface area contributed by atoms with Gasteiger partial charge in [0, 0.05) is 36.9 Å². The summed E-state index contributed by atoms with van der Waals surface area (Å²) in [6.45, 7) is 5.12. The van der Waals surface area contributed by atoms with Gasteiger partial charge in [0.15, 0.2) is 0 Å². The molecule has 0 aromatic heterocycles. The van der Waals surface area contributed by atoms with E-state index in [-0.39, 0.29) is 17.6 Å². The molecule has 2 unspecified atom stereocenters. The lowest BCUT2D eigenvalue weighted by molar-refractivity contribution is -0.140. The molecular weight excluding hydrogens is 304 g/mol. The van der Waals surface area contributed by atoms with Crippen molar-refractivity contribution in [2.75, 3.05) is 31.6 Å². The molecule has 3 aliphatic rings. The van der Waals surface area contributed by atoms with Crippen molar-refractivity contribution in [3.8, 4) is 0 Å². The molecule has 0 bridgehead atoms. The second-order valence-electron chi connectivity index (χ2n) is 7.12. The van der Waals surface area contributed by atoms with Crippen LogP contribution < -0.4 is 16.2 Å². The van der Waals surface area contributed by atoms with E-state index in [2.05, 4.69) is 47.4 Å². The summed E-state index contributed by atoms with van der Waals surface area (Å²) in [4.78, 5) is 14.7. The maximum Gasteiger partial charge on any atom is 0.241 e. The fourth-order valence-electron chi connectivity index (χ4n) is 4.14. The number of amides is 1. The maximum absolute atomic E-state index is 12.7. The van der Waals surface area contributed by atoms with Gasteiger partial charge in [-0.05, 0) is 32.3 Å². The Morgan fingerprint density at radius 1 is 1.25 bits per heavy atom. The number of rotatable bonds is 1. The van der Waals surface area contributed by atoms with E-state index in [0.717, 1.165) is 38.9 Å². The molecule has 0 saturated carbocycles. The van der Waals surface area contributed by atoms with Crippen molar-refractivity contribution in [3.05, 3.63) is 29.8 Å². The highest BCUT2D eigenvalue weighted by atomic mass is 16.5. The molecule has 3 N–H and O–H groups in total. The Morgan fingerprint density at radius 3 is 2.79 bits per heavy atom. The molecule has 1 spiro atoms. The zero-order valence-electron chi connectivity index (χ0n) is 14.2. The number of hydrazine groups is 1. The molecule has 2 saturated heterocycles. The number of carbonyl (C=O) groups is 1. The van der Waals surface area contributed by atoms with Gasteiger partial charge in [-0.15, -0.1) is 0 Å². The van der Waals surface area contributed by atoms with E-state index in [9.17, 15) is 4.79 Å². The standard InChI is InChI=1S/C18H26N4O2/c1-13-12-16(21-20-13)17(23)22-9-6-18(7-10-22)14-4-2-3-5-15(14)19-8-11-24-18/h2-5,13,16,19-21H,6-12H2,1H3. The van der Waals surface area contributed by atoms with Crippen LogP contribution in [0.25, 0.3) is 0 Å². The van der Waals surface area contributed by atoms with Gasteiger partial charge in [-0.2, -0.15) is 0 Å². The Morgan fingerprint density at radius 2 is 2.04 bits per heavy atom. The van der Waals surface area contributed by atoms with Crippen LogP contribution in [0, 0.1) is 0 Å². The second kappa shape index (κ2) is 6.35. The number of para-hydroxylation sites is 1. The monoisotopic (exact) mass is 330 g/mol. The van der Waals surface area contributed by atoms with Crippen molar-refractivity contribution in [2.24, 2.45) is 0 Å². The number of anilines is 1. The quantitative estimate of drug-likeness (QED) is 0.722. The van der Waals surface area contributed by atoms with Crippen LogP contribution in [0.15, 0.2) is 24.3 Å². The molecule has 6 heteroatoms. The number of piperidine rings is 1. The Kier molecular flexibility index (Phi) is 4.20. The van der Waals surface area contributed by atoms with Crippen LogP contribution >= 0.6 is 0 Å². The van der Waals surface area contributed by atoms with Crippen LogP contribution in [-0.2, 0) is 15.1 Å². The predicted octanol–water partition coefficient (Wildman–Crippen LogP) is 1.20. The SMILES string of the molecule is CC1CC(C(=O)N2CCC3(CC2)OCCNc2ccccc23)NN1. The first-order chi connectivity index (χ1) is 11.7. The van der Waals surface area contributed by atoms with E-state index in [0.29, 0.717) is 12.6 Å². The van der Waals surface area contributed by atoms with Gasteiger partial charge in [-0.3, -0.25) is 10.2 Å². The van der Waals surface area contributed by atoms with Gasteiger partial charge >= 0.3 is 0 Å². The Labute approximate surface area is 142 Å². The van der Waals surface area contributed by atoms with E-state index in [1.165, 1.54) is 11.3 Å². The molecule has 3 aliphatic heterocycles. The molecule has 0 radical (unpaired) electrons. The van der Waals surface area contributed by atoms with Crippen molar-refractivity contribution in [3.63, 3.8) is 0 Å². The van der Waals surface area contributed by atoms with Crippen molar-refractivity contribution < 1.29 is 9.53 Å². The van der Waals surface area contributed by atoms with Gasteiger partial charge in [-0.25, -0.2) is 5.43 Å². The average Bonchev–Trinajstić information content (AvgIpc) is 2.97. The summed E-state index contributed by atoms with van der Waals surface area (Å²) in [5, 5.41) is 3.46. The normalized spacial score (nSPS) is 29.0. The van der Waals surface area contributed by atoms with Gasteiger partial charge in [-0.1, -0.05) is 18.2 Å². The predicted molar refractivity (Wildman–Crippen MR) is 92.5 cm³/mol. The minimum absolute atomic E-state index is 0.0990. The number of hydrogen-bond donors (Lipinski definition) is 3. The summed E-state index contributed by atoms with van der Waals surface area (Å²) in [6.07, 6.45) is 2.56. The average molecular weight is 330 g/mol. The molecule has 130 valence electrons. The van der Waals surface area contributed by atoms with E-state index < -0.39 is 0 Å². The third-order valence-corrected chi connectivity index (χ3v) is 5.49. The largest absolute Gasteiger partial charge is 0.382 e. The highest BCUT2D eigenvalue weighted by Crippen LogP contribution is 2.41. The third-order valence-electron chi connectivity index (χ3n) is 5.49. The molecule has 1 aromatic carbocycles. The fourth-order valence-corrected chi connectivity index (χ4v) is 4.14. The lowest BCUT2D eigenvalue weighted by Gasteiger charge is -2.42. The number of carbonyl (C=O) groups excluding carboxylic acids is 1. The number of nitrogens with one attached hydrogen (secondary N) is 3. The van der Waals surface area contributed by atoms with Crippen molar-refractivity contribution in [1.29, 1.82) is 0 Å². The van der Waals surface area contributed by atoms with Crippen LogP contribution in [-0.4, -0.2) is 49.1 Å². The first-order valence-corrected chi connectivity index (χ1v) is 8.95. The van der Waals surface area contributed by atoms with E-state index in [4.69, 9.17) is 4.74 Å². The first kappa shape index (κ1) is 15.9. The number of nitrogens with zero attached hydrogens (tertiary/aromatic N) is 1. The van der Waals surface area contributed by atoms with Crippen LogP contribution in [0.5, 0.6) is 0 Å². The molecule has 2 fully saturated rings. The fraction of sp³-hybridized carbons (Fsp3) is 0.611. The summed E-state index contributed by atoms with van der Waals surface area (Å²) in [5.74, 6) is 0.210. The number of fused-ring (bicyclic) bond motifs is 2. The second-order valence-corrected chi connectivity index (χ2v) is 7.12. The summed E-state index contributed by atoms with van der Waals surface area (Å²) in [6, 6.07) is 8.66. The Balaban J connectivity index is 1.48. The summed E-state index contributed by atoms with van der Waals surface area (Å²) in [7, 11) is 0. The van der Waals surface area contributed by atoms with Gasteiger partial charge in [0.1, 0.15) is 6.04 Å². The lowest BCUT2D eigenvalue weighted by Crippen LogP contribution is -2.51. The van der Waals surface area contributed by atoms with Crippen molar-refractivity contribution in [2.45, 2.75) is 43.9 Å². The van der Waals surface area contributed by atoms with Crippen molar-refractivity contribution >= 4 is 11.6 Å². The molecule has 1 aromatic rings. The molecule has 24 heavy (non-hydrogen) atoms. The lowest BCUT2D eigenvalue weighted by atomic mass is 9.83. The highest BCUT2D eigenvalue weighted by Gasteiger charge is 2.42. The Hall–Kier alpha value is -1.63. The smallest absolute Gasteiger partial charge is 0.241 e. The molecule has 4 rings (SSSR count). The van der Waals surface area contributed by atoms with E-state index in [1.807, 2.05) is 4.90 Å². The summed E-state index contributed by atoms with van der Waals surface area (Å²) >= 11 is 0. The third kappa shape index (κ3) is 2.79. The van der Waals surface area contributed by atoms with Crippen LogP contribution in [0.4, 0.5) is 5.69 Å². The first-order valence-electron chi connectivity index (χ1n) is 8.95. The molecule has 1 amide bonds. The van der Waals surface area contributed by atoms with Gasteiger partial charge in [0.25, 0.3) is 0 Å². The Bertz CT molecular complexity index is 613. The zero-order valence-corrected chi connectivity index (χ0v) is 14.2. The number of hydrogen-bond acceptors (Lipinski definition) is 5. The van der Waals surface area contributed by atoms with Crippen molar-refractivity contribution in [1.82, 2.24) is 15.8 Å². The zero-order chi connectivity index (χ0) is 16.6. The highest BCUT2D eigenvalue weighted by molar-refractivity contribution is 5.82. The minimum Gasteiger partial charge on any atom is -0.382 e. The van der Waals surface area contributed by atoms with Gasteiger partial charge in [0.05, 0.1) is 12.2 Å². The topological polar surface area (TPSA) is 65.6 Å². The van der Waals surface area contributed by atoms with Gasteiger partial charge < -0.3 is 15.0 Å². The number of benzene rings is 1. The molecule has 0 aliphatic carbocycles. The minimum atomic E-state index is -0.258. The number of likely N-dealkylation sites (tertiary alicyclic amines) is 1. The van der Waals surface area contributed by atoms with Crippen LogP contribution in [0.1, 0.15) is 31.7 Å². The van der Waals surface area contributed by atoms with E-state index in [1.54, 1.807) is 0 Å². The molecule has 3 heterocycles. The molecular formula is C18H26N4O2. The van der Waals surface area contributed by atoms with Gasteiger partial charge in [0.2, 0.25) is 5.91 Å². The molecule has 6 nitrogen and oxygen atoms in total.